The highest BCUT2D eigenvalue weighted by Crippen LogP contribution is 2.31. The molecule has 1 saturated heterocycles. The standard InChI is InChI=1S/C22H27F3N4O3S/c1-14(2)33(31)28-7-5-27(6-8-28)20-13-26-29(18-10-16(24)9-17(25)11-18)22(30)21(20)32-19-4-3-15(23)12-19/h9-11,13-15,19H,3-8,12H2,1-2H3. The van der Waals surface area contributed by atoms with Crippen molar-refractivity contribution in [2.24, 2.45) is 0 Å². The summed E-state index contributed by atoms with van der Waals surface area (Å²) in [7, 11) is 0. The largest absolute Gasteiger partial charge is 0.598 e. The first kappa shape index (κ1) is 23.9. The number of aromatic nitrogens is 2. The second-order valence-corrected chi connectivity index (χ2v) is 10.6. The average molecular weight is 485 g/mol. The van der Waals surface area contributed by atoms with Crippen molar-refractivity contribution >= 4 is 17.0 Å². The molecule has 1 aromatic carbocycles. The number of anilines is 1. The van der Waals surface area contributed by atoms with E-state index in [4.69, 9.17) is 4.74 Å². The van der Waals surface area contributed by atoms with E-state index >= 15 is 0 Å². The van der Waals surface area contributed by atoms with E-state index in [1.807, 2.05) is 23.1 Å². The summed E-state index contributed by atoms with van der Waals surface area (Å²) in [5.74, 6) is -1.70. The third-order valence-electron chi connectivity index (χ3n) is 5.85. The topological polar surface area (TPSA) is 73.7 Å². The maximum absolute atomic E-state index is 13.8. The fourth-order valence-electron chi connectivity index (χ4n) is 4.18. The number of halogens is 3. The van der Waals surface area contributed by atoms with Gasteiger partial charge in [-0.1, -0.05) is 0 Å². The van der Waals surface area contributed by atoms with Crippen LogP contribution in [0.3, 0.4) is 0 Å². The van der Waals surface area contributed by atoms with Crippen LogP contribution in [0.4, 0.5) is 18.9 Å². The Hall–Kier alpha value is -2.24. The molecule has 0 bridgehead atoms. The van der Waals surface area contributed by atoms with Gasteiger partial charge in [-0.3, -0.25) is 4.79 Å². The number of ether oxygens (including phenoxy) is 1. The highest BCUT2D eigenvalue weighted by Gasteiger charge is 2.32. The maximum Gasteiger partial charge on any atom is 0.316 e. The van der Waals surface area contributed by atoms with E-state index in [0.29, 0.717) is 50.8 Å². The molecule has 3 unspecified atom stereocenters. The molecule has 2 aromatic rings. The number of rotatable bonds is 6. The molecular formula is C22H27F3N4O3S. The van der Waals surface area contributed by atoms with Gasteiger partial charge in [0.05, 0.1) is 25.0 Å². The summed E-state index contributed by atoms with van der Waals surface area (Å²) in [6.07, 6.45) is 0.968. The molecule has 1 aliphatic carbocycles. The van der Waals surface area contributed by atoms with Gasteiger partial charge >= 0.3 is 5.56 Å². The van der Waals surface area contributed by atoms with Crippen LogP contribution >= 0.6 is 0 Å². The van der Waals surface area contributed by atoms with E-state index in [1.165, 1.54) is 6.20 Å². The Morgan fingerprint density at radius 1 is 1.12 bits per heavy atom. The average Bonchev–Trinajstić information content (AvgIpc) is 3.18. The molecule has 1 aliphatic heterocycles. The Labute approximate surface area is 193 Å². The van der Waals surface area contributed by atoms with E-state index in [-0.39, 0.29) is 23.1 Å². The molecule has 11 heteroatoms. The molecule has 2 heterocycles. The minimum atomic E-state index is -1.10. The molecule has 180 valence electrons. The summed E-state index contributed by atoms with van der Waals surface area (Å²) in [6, 6.07) is 2.73. The number of alkyl halides is 1. The molecule has 0 N–H and O–H groups in total. The normalized spacial score (nSPS) is 22.7. The van der Waals surface area contributed by atoms with Gasteiger partial charge in [0, 0.05) is 36.9 Å². The zero-order valence-corrected chi connectivity index (χ0v) is 19.4. The summed E-state index contributed by atoms with van der Waals surface area (Å²) >= 11 is -1.10. The monoisotopic (exact) mass is 484 g/mol. The Morgan fingerprint density at radius 3 is 2.36 bits per heavy atom. The maximum atomic E-state index is 13.8. The highest BCUT2D eigenvalue weighted by atomic mass is 32.2. The van der Waals surface area contributed by atoms with Crippen LogP contribution in [0.5, 0.6) is 5.75 Å². The second-order valence-electron chi connectivity index (χ2n) is 8.59. The number of hydrogen-bond acceptors (Lipinski definition) is 6. The molecule has 1 aromatic heterocycles. The van der Waals surface area contributed by atoms with Crippen LogP contribution in [0.1, 0.15) is 33.1 Å². The Balaban J connectivity index is 1.66. The first-order valence-electron chi connectivity index (χ1n) is 11.0. The van der Waals surface area contributed by atoms with Crippen molar-refractivity contribution in [3.8, 4) is 11.4 Å². The fourth-order valence-corrected chi connectivity index (χ4v) is 5.30. The van der Waals surface area contributed by atoms with Crippen molar-refractivity contribution in [3.63, 3.8) is 0 Å². The van der Waals surface area contributed by atoms with Crippen molar-refractivity contribution < 1.29 is 22.5 Å². The van der Waals surface area contributed by atoms with Crippen LogP contribution in [-0.2, 0) is 11.4 Å². The van der Waals surface area contributed by atoms with Gasteiger partial charge in [0.15, 0.2) is 0 Å². The lowest BCUT2D eigenvalue weighted by molar-refractivity contribution is 0.193. The summed E-state index contributed by atoms with van der Waals surface area (Å²) in [5.41, 5.74) is -0.306. The number of hydrogen-bond donors (Lipinski definition) is 0. The Morgan fingerprint density at radius 2 is 1.79 bits per heavy atom. The lowest BCUT2D eigenvalue weighted by Crippen LogP contribution is -2.50. The minimum absolute atomic E-state index is 0.00344. The SMILES string of the molecule is CC(C)[S+]([O-])N1CCN(c2cnn(-c3cc(F)cc(F)c3)c(=O)c2OC2CCC(F)C2)CC1. The number of nitrogens with zero attached hydrogens (tertiary/aromatic N) is 4. The molecule has 0 spiro atoms. The first-order valence-corrected chi connectivity index (χ1v) is 12.2. The summed E-state index contributed by atoms with van der Waals surface area (Å²) in [6.45, 7) is 5.83. The summed E-state index contributed by atoms with van der Waals surface area (Å²) in [4.78, 5) is 15.3. The molecule has 0 radical (unpaired) electrons. The van der Waals surface area contributed by atoms with Crippen LogP contribution in [0.15, 0.2) is 29.2 Å². The fraction of sp³-hybridized carbons (Fsp3) is 0.545. The summed E-state index contributed by atoms with van der Waals surface area (Å²) < 4.78 is 62.4. The predicted octanol–water partition coefficient (Wildman–Crippen LogP) is 2.97. The highest BCUT2D eigenvalue weighted by molar-refractivity contribution is 7.89. The van der Waals surface area contributed by atoms with Crippen LogP contribution < -0.4 is 15.2 Å². The van der Waals surface area contributed by atoms with E-state index < -0.39 is 40.8 Å². The van der Waals surface area contributed by atoms with Gasteiger partial charge in [-0.25, -0.2) is 13.2 Å². The zero-order valence-electron chi connectivity index (χ0n) is 18.5. The van der Waals surface area contributed by atoms with Gasteiger partial charge in [-0.15, -0.1) is 4.31 Å². The van der Waals surface area contributed by atoms with Crippen LogP contribution in [-0.4, -0.2) is 62.3 Å². The quantitative estimate of drug-likeness (QED) is 0.587. The van der Waals surface area contributed by atoms with Crippen molar-refractivity contribution in [1.29, 1.82) is 0 Å². The van der Waals surface area contributed by atoms with Crippen LogP contribution in [0.2, 0.25) is 0 Å². The van der Waals surface area contributed by atoms with Gasteiger partial charge in [-0.2, -0.15) is 9.78 Å². The van der Waals surface area contributed by atoms with Gasteiger partial charge in [0.1, 0.15) is 34.8 Å². The number of benzene rings is 1. The number of piperazine rings is 1. The molecule has 3 atom stereocenters. The van der Waals surface area contributed by atoms with E-state index in [9.17, 15) is 22.5 Å². The van der Waals surface area contributed by atoms with E-state index in [0.717, 1.165) is 16.8 Å². The molecule has 0 amide bonds. The first-order chi connectivity index (χ1) is 15.7. The Bertz CT molecular complexity index is 1030. The van der Waals surface area contributed by atoms with Crippen molar-refractivity contribution in [2.45, 2.75) is 50.6 Å². The molecule has 2 aliphatic rings. The molecule has 7 nitrogen and oxygen atoms in total. The van der Waals surface area contributed by atoms with Crippen LogP contribution in [0, 0.1) is 11.6 Å². The lowest BCUT2D eigenvalue weighted by atomic mass is 10.2. The van der Waals surface area contributed by atoms with Crippen molar-refractivity contribution in [2.75, 3.05) is 31.1 Å². The van der Waals surface area contributed by atoms with Gasteiger partial charge < -0.3 is 14.2 Å². The molecule has 1 saturated carbocycles. The third kappa shape index (κ3) is 5.30. The molecular weight excluding hydrogens is 457 g/mol. The third-order valence-corrected chi connectivity index (χ3v) is 7.53. The van der Waals surface area contributed by atoms with Crippen LogP contribution in [0.25, 0.3) is 5.69 Å². The Kier molecular flexibility index (Phi) is 7.20. The van der Waals surface area contributed by atoms with E-state index in [1.54, 1.807) is 0 Å². The van der Waals surface area contributed by atoms with Crippen molar-refractivity contribution in [3.05, 3.63) is 46.4 Å². The molecule has 4 rings (SSSR count). The predicted molar refractivity (Wildman–Crippen MR) is 120 cm³/mol. The lowest BCUT2D eigenvalue weighted by Gasteiger charge is -2.37. The van der Waals surface area contributed by atoms with Gasteiger partial charge in [0.2, 0.25) is 5.75 Å². The second kappa shape index (κ2) is 9.94. The van der Waals surface area contributed by atoms with Crippen molar-refractivity contribution in [1.82, 2.24) is 14.1 Å². The summed E-state index contributed by atoms with van der Waals surface area (Å²) in [5, 5.41) is 4.14. The zero-order chi connectivity index (χ0) is 23.7. The molecule has 33 heavy (non-hydrogen) atoms. The van der Waals surface area contributed by atoms with E-state index in [2.05, 4.69) is 5.10 Å². The molecule has 2 fully saturated rings. The van der Waals surface area contributed by atoms with Gasteiger partial charge in [0.25, 0.3) is 0 Å². The minimum Gasteiger partial charge on any atom is -0.598 e. The van der Waals surface area contributed by atoms with Gasteiger partial charge in [-0.05, 0) is 38.8 Å². The smallest absolute Gasteiger partial charge is 0.316 e.